The Balaban J connectivity index is 1.80. The van der Waals surface area contributed by atoms with Gasteiger partial charge in [0.15, 0.2) is 6.61 Å². The number of ether oxygens (including phenoxy) is 1. The molecule has 2 aromatic carbocycles. The van der Waals surface area contributed by atoms with Crippen LogP contribution in [0, 0.1) is 12.8 Å². The van der Waals surface area contributed by atoms with Gasteiger partial charge in [0.05, 0.1) is 11.1 Å². The van der Waals surface area contributed by atoms with Gasteiger partial charge in [0.2, 0.25) is 0 Å². The van der Waals surface area contributed by atoms with Crippen LogP contribution >= 0.6 is 75.3 Å². The second-order valence-electron chi connectivity index (χ2n) is 7.79. The number of nitrogens with one attached hydrogen (secondary N) is 1. The summed E-state index contributed by atoms with van der Waals surface area (Å²) in [5.41, 5.74) is 1.55. The van der Waals surface area contributed by atoms with Crippen LogP contribution in [-0.4, -0.2) is 41.2 Å². The number of aryl methyl sites for hydroxylation is 1. The van der Waals surface area contributed by atoms with Crippen LogP contribution in [0.25, 0.3) is 0 Å². The van der Waals surface area contributed by atoms with E-state index in [1.165, 1.54) is 0 Å². The number of esters is 1. The number of imide groups is 1. The number of carbonyl (C=O) groups is 4. The molecular weight excluding hydrogens is 727 g/mol. The van der Waals surface area contributed by atoms with Crippen molar-refractivity contribution in [1.29, 1.82) is 0 Å². The fourth-order valence-electron chi connectivity index (χ4n) is 3.38. The van der Waals surface area contributed by atoms with Crippen molar-refractivity contribution in [2.45, 2.75) is 26.8 Å². The number of carbonyl (C=O) groups excluding carboxylic acids is 4. The van der Waals surface area contributed by atoms with E-state index in [4.69, 9.17) is 16.3 Å². The van der Waals surface area contributed by atoms with Gasteiger partial charge < -0.3 is 10.1 Å². The maximum atomic E-state index is 13.3. The van der Waals surface area contributed by atoms with Gasteiger partial charge in [0, 0.05) is 28.6 Å². The van der Waals surface area contributed by atoms with Gasteiger partial charge in [-0.15, -0.1) is 0 Å². The van der Waals surface area contributed by atoms with E-state index in [9.17, 15) is 19.2 Å². The Labute approximate surface area is 234 Å². The van der Waals surface area contributed by atoms with Crippen LogP contribution < -0.4 is 5.32 Å². The lowest BCUT2D eigenvalue weighted by atomic mass is 10.0. The Kier molecular flexibility index (Phi) is 8.66. The molecule has 0 aliphatic carbocycles. The fraction of sp³-hybridized carbons (Fsp3) is 0.273. The molecular formula is C22H17Br4ClN2O5. The molecule has 2 aromatic rings. The first-order chi connectivity index (χ1) is 15.9. The van der Waals surface area contributed by atoms with Gasteiger partial charge in [0.25, 0.3) is 17.7 Å². The molecule has 34 heavy (non-hydrogen) atoms. The van der Waals surface area contributed by atoms with Gasteiger partial charge >= 0.3 is 5.97 Å². The minimum Gasteiger partial charge on any atom is -0.454 e. The number of anilines is 1. The third kappa shape index (κ3) is 5.13. The highest BCUT2D eigenvalue weighted by Gasteiger charge is 2.47. The summed E-state index contributed by atoms with van der Waals surface area (Å²) in [6.45, 7) is 4.59. The van der Waals surface area contributed by atoms with Crippen molar-refractivity contribution in [3.63, 3.8) is 0 Å². The monoisotopic (exact) mass is 740 g/mol. The summed E-state index contributed by atoms with van der Waals surface area (Å²) in [5.74, 6) is -3.22. The molecule has 0 spiro atoms. The SMILES string of the molecule is Cc1ccc(NC(=O)COC(=O)C(C(C)C)N2C(=O)c3c(Br)c(Br)c(Br)c(Br)c3C2=O)cc1Cl. The van der Waals surface area contributed by atoms with Gasteiger partial charge in [-0.1, -0.05) is 31.5 Å². The minimum atomic E-state index is -1.23. The van der Waals surface area contributed by atoms with Crippen LogP contribution in [0.5, 0.6) is 0 Å². The molecule has 0 bridgehead atoms. The fourth-order valence-corrected chi connectivity index (χ4v) is 6.02. The first-order valence-corrected chi connectivity index (χ1v) is 13.4. The topological polar surface area (TPSA) is 92.8 Å². The van der Waals surface area contributed by atoms with Crippen molar-refractivity contribution < 1.29 is 23.9 Å². The Morgan fingerprint density at radius 1 is 1.00 bits per heavy atom. The maximum Gasteiger partial charge on any atom is 0.330 e. The maximum absolute atomic E-state index is 13.3. The lowest BCUT2D eigenvalue weighted by Gasteiger charge is -2.27. The molecule has 0 saturated carbocycles. The highest BCUT2D eigenvalue weighted by atomic mass is 79.9. The molecule has 1 unspecified atom stereocenters. The predicted octanol–water partition coefficient (Wildman–Crippen LogP) is 6.50. The lowest BCUT2D eigenvalue weighted by molar-refractivity contribution is -0.152. The van der Waals surface area contributed by atoms with Crippen molar-refractivity contribution in [2.75, 3.05) is 11.9 Å². The molecule has 1 N–H and O–H groups in total. The number of rotatable bonds is 6. The van der Waals surface area contributed by atoms with Gasteiger partial charge in [-0.2, -0.15) is 0 Å². The Morgan fingerprint density at radius 2 is 1.53 bits per heavy atom. The highest BCUT2D eigenvalue weighted by Crippen LogP contribution is 2.46. The minimum absolute atomic E-state index is 0.124. The van der Waals surface area contributed by atoms with Crippen LogP contribution in [0.4, 0.5) is 5.69 Å². The lowest BCUT2D eigenvalue weighted by Crippen LogP contribution is -2.49. The molecule has 3 amide bonds. The second-order valence-corrected chi connectivity index (χ2v) is 11.4. The highest BCUT2D eigenvalue weighted by molar-refractivity contribution is 9.15. The Morgan fingerprint density at radius 3 is 2.00 bits per heavy atom. The summed E-state index contributed by atoms with van der Waals surface area (Å²) in [7, 11) is 0. The summed E-state index contributed by atoms with van der Waals surface area (Å²) < 4.78 is 7.04. The van der Waals surface area contributed by atoms with Crippen molar-refractivity contribution in [3.8, 4) is 0 Å². The van der Waals surface area contributed by atoms with Gasteiger partial charge in [-0.25, -0.2) is 4.79 Å². The standard InChI is InChI=1S/C22H17Br4ClN2O5/c1-8(2)19(22(33)34-7-12(30)28-10-5-4-9(3)11(27)6-10)29-20(31)13-14(21(29)32)16(24)18(26)17(25)15(13)23/h4-6,8,19H,7H2,1-3H3,(H,28,30). The molecule has 3 rings (SSSR count). The summed E-state index contributed by atoms with van der Waals surface area (Å²) in [5, 5.41) is 3.07. The van der Waals surface area contributed by atoms with Crippen molar-refractivity contribution in [3.05, 3.63) is 57.8 Å². The van der Waals surface area contributed by atoms with E-state index in [2.05, 4.69) is 69.0 Å². The molecule has 0 radical (unpaired) electrons. The Bertz CT molecular complexity index is 1190. The van der Waals surface area contributed by atoms with E-state index in [1.807, 2.05) is 6.92 Å². The van der Waals surface area contributed by atoms with Crippen molar-refractivity contribution in [2.24, 2.45) is 5.92 Å². The summed E-state index contributed by atoms with van der Waals surface area (Å²) in [6, 6.07) is 3.76. The van der Waals surface area contributed by atoms with Gasteiger partial charge in [0.1, 0.15) is 6.04 Å². The summed E-state index contributed by atoms with van der Waals surface area (Å²) in [6.07, 6.45) is 0. The number of amides is 3. The van der Waals surface area contributed by atoms with Crippen LogP contribution in [0.2, 0.25) is 5.02 Å². The van der Waals surface area contributed by atoms with E-state index in [1.54, 1.807) is 32.0 Å². The molecule has 7 nitrogen and oxygen atoms in total. The number of hydrogen-bond donors (Lipinski definition) is 1. The first-order valence-electron chi connectivity index (χ1n) is 9.83. The Hall–Kier alpha value is -1.27. The summed E-state index contributed by atoms with van der Waals surface area (Å²) >= 11 is 19.5. The number of fused-ring (bicyclic) bond motifs is 1. The molecule has 1 aliphatic heterocycles. The average molecular weight is 744 g/mol. The number of nitrogens with zero attached hydrogens (tertiary/aromatic N) is 1. The van der Waals surface area contributed by atoms with E-state index in [-0.39, 0.29) is 11.1 Å². The van der Waals surface area contributed by atoms with E-state index in [0.29, 0.717) is 28.6 Å². The third-order valence-corrected chi connectivity index (χ3v) is 10.3. The number of halogens is 5. The zero-order valence-electron chi connectivity index (χ0n) is 18.0. The zero-order valence-corrected chi connectivity index (χ0v) is 25.1. The van der Waals surface area contributed by atoms with Gasteiger partial charge in [-0.05, 0) is 94.3 Å². The number of hydrogen-bond acceptors (Lipinski definition) is 5. The summed E-state index contributed by atoms with van der Waals surface area (Å²) in [4.78, 5) is 52.6. The van der Waals surface area contributed by atoms with Crippen molar-refractivity contribution >= 4 is 105 Å². The molecule has 1 aliphatic rings. The van der Waals surface area contributed by atoms with E-state index < -0.39 is 42.3 Å². The second kappa shape index (κ2) is 10.8. The van der Waals surface area contributed by atoms with Crippen LogP contribution in [0.3, 0.4) is 0 Å². The molecule has 0 fully saturated rings. The van der Waals surface area contributed by atoms with Crippen LogP contribution in [0.1, 0.15) is 40.1 Å². The van der Waals surface area contributed by atoms with Gasteiger partial charge in [-0.3, -0.25) is 19.3 Å². The average Bonchev–Trinajstić information content (AvgIpc) is 3.02. The molecule has 0 aromatic heterocycles. The molecule has 1 atom stereocenters. The largest absolute Gasteiger partial charge is 0.454 e. The van der Waals surface area contributed by atoms with E-state index >= 15 is 0 Å². The smallest absolute Gasteiger partial charge is 0.330 e. The number of benzene rings is 2. The molecule has 0 saturated heterocycles. The molecule has 12 heteroatoms. The third-order valence-electron chi connectivity index (χ3n) is 5.08. The van der Waals surface area contributed by atoms with Crippen LogP contribution in [0.15, 0.2) is 36.1 Å². The van der Waals surface area contributed by atoms with E-state index in [0.717, 1.165) is 10.5 Å². The molecule has 180 valence electrons. The zero-order chi connectivity index (χ0) is 25.5. The quantitative estimate of drug-likeness (QED) is 0.158. The molecule has 1 heterocycles. The predicted molar refractivity (Wildman–Crippen MR) is 142 cm³/mol. The first kappa shape index (κ1) is 27.3. The van der Waals surface area contributed by atoms with Crippen molar-refractivity contribution in [1.82, 2.24) is 4.90 Å². The van der Waals surface area contributed by atoms with Crippen LogP contribution in [-0.2, 0) is 14.3 Å². The normalized spacial score (nSPS) is 13.9.